The normalized spacial score (nSPS) is 17.0. The lowest BCUT2D eigenvalue weighted by Crippen LogP contribution is -2.35. The minimum absolute atomic E-state index is 0.0689. The highest BCUT2D eigenvalue weighted by Crippen LogP contribution is 2.18. The van der Waals surface area contributed by atoms with Crippen LogP contribution >= 0.6 is 0 Å². The maximum absolute atomic E-state index is 12.1. The molecule has 1 aliphatic heterocycles. The Morgan fingerprint density at radius 3 is 2.70 bits per heavy atom. The summed E-state index contributed by atoms with van der Waals surface area (Å²) in [4.78, 5) is 9.99. The summed E-state index contributed by atoms with van der Waals surface area (Å²) >= 11 is 0. The molecule has 0 saturated carbocycles. The second kappa shape index (κ2) is 6.29. The summed E-state index contributed by atoms with van der Waals surface area (Å²) in [6.07, 6.45) is 1.86. The lowest BCUT2D eigenvalue weighted by Gasteiger charge is -2.22. The molecule has 8 heteroatoms. The zero-order chi connectivity index (χ0) is 14.6. The summed E-state index contributed by atoms with van der Waals surface area (Å²) in [5, 5.41) is 13.9. The first-order chi connectivity index (χ1) is 9.49. The molecule has 20 heavy (non-hydrogen) atoms. The van der Waals surface area contributed by atoms with Crippen LogP contribution in [0.3, 0.4) is 0 Å². The Kier molecular flexibility index (Phi) is 4.69. The monoisotopic (exact) mass is 299 g/mol. The van der Waals surface area contributed by atoms with Crippen LogP contribution < -0.4 is 10.0 Å². The minimum atomic E-state index is -3.69. The van der Waals surface area contributed by atoms with Gasteiger partial charge in [0.25, 0.3) is 5.69 Å². The molecule has 1 heterocycles. The maximum atomic E-state index is 12.1. The predicted octanol–water partition coefficient (Wildman–Crippen LogP) is 0.873. The molecule has 1 saturated heterocycles. The van der Waals surface area contributed by atoms with Crippen molar-refractivity contribution in [1.82, 2.24) is 10.0 Å². The molecular weight excluding hydrogens is 282 g/mol. The molecule has 2 rings (SSSR count). The molecule has 7 nitrogen and oxygen atoms in total. The number of hydrogen-bond acceptors (Lipinski definition) is 5. The number of nitrogens with one attached hydrogen (secondary N) is 2. The topological polar surface area (TPSA) is 101 Å². The SMILES string of the molecule is O=[N+]([O-])c1cccc(S(=O)(=O)NCC2CCNCC2)c1. The third-order valence-corrected chi connectivity index (χ3v) is 4.78. The van der Waals surface area contributed by atoms with Gasteiger partial charge in [0.05, 0.1) is 9.82 Å². The Labute approximate surface area is 117 Å². The van der Waals surface area contributed by atoms with E-state index in [-0.39, 0.29) is 10.6 Å². The van der Waals surface area contributed by atoms with Gasteiger partial charge in [-0.1, -0.05) is 6.07 Å². The fraction of sp³-hybridized carbons (Fsp3) is 0.500. The molecule has 1 aromatic carbocycles. The number of nitrogens with zero attached hydrogens (tertiary/aromatic N) is 1. The van der Waals surface area contributed by atoms with Crippen molar-refractivity contribution in [3.8, 4) is 0 Å². The number of benzene rings is 1. The van der Waals surface area contributed by atoms with Crippen molar-refractivity contribution in [3.05, 3.63) is 34.4 Å². The summed E-state index contributed by atoms with van der Waals surface area (Å²) < 4.78 is 26.7. The van der Waals surface area contributed by atoms with Crippen LogP contribution in [0.25, 0.3) is 0 Å². The van der Waals surface area contributed by atoms with Crippen LogP contribution in [0.1, 0.15) is 12.8 Å². The van der Waals surface area contributed by atoms with Gasteiger partial charge in [0.1, 0.15) is 0 Å². The largest absolute Gasteiger partial charge is 0.317 e. The molecule has 0 atom stereocenters. The van der Waals surface area contributed by atoms with Crippen LogP contribution in [0.4, 0.5) is 5.69 Å². The van der Waals surface area contributed by atoms with E-state index in [2.05, 4.69) is 10.0 Å². The van der Waals surface area contributed by atoms with Crippen molar-refractivity contribution < 1.29 is 13.3 Å². The molecule has 0 unspecified atom stereocenters. The predicted molar refractivity (Wildman–Crippen MR) is 73.9 cm³/mol. The fourth-order valence-electron chi connectivity index (χ4n) is 2.16. The lowest BCUT2D eigenvalue weighted by molar-refractivity contribution is -0.385. The maximum Gasteiger partial charge on any atom is 0.270 e. The van der Waals surface area contributed by atoms with Crippen LogP contribution in [0.2, 0.25) is 0 Å². The zero-order valence-corrected chi connectivity index (χ0v) is 11.7. The average molecular weight is 299 g/mol. The van der Waals surface area contributed by atoms with Crippen molar-refractivity contribution in [2.24, 2.45) is 5.92 Å². The molecule has 0 bridgehead atoms. The van der Waals surface area contributed by atoms with Gasteiger partial charge in [-0.3, -0.25) is 10.1 Å². The van der Waals surface area contributed by atoms with Crippen molar-refractivity contribution in [1.29, 1.82) is 0 Å². The van der Waals surface area contributed by atoms with Crippen molar-refractivity contribution in [3.63, 3.8) is 0 Å². The number of nitro benzene ring substituents is 1. The van der Waals surface area contributed by atoms with E-state index in [4.69, 9.17) is 0 Å². The third kappa shape index (κ3) is 3.75. The lowest BCUT2D eigenvalue weighted by atomic mass is 9.99. The number of rotatable bonds is 5. The van der Waals surface area contributed by atoms with Crippen LogP contribution in [-0.4, -0.2) is 33.0 Å². The molecule has 0 amide bonds. The van der Waals surface area contributed by atoms with Crippen molar-refractivity contribution in [2.45, 2.75) is 17.7 Å². The zero-order valence-electron chi connectivity index (χ0n) is 10.9. The van der Waals surface area contributed by atoms with Gasteiger partial charge in [0.15, 0.2) is 0 Å². The van der Waals surface area contributed by atoms with Crippen LogP contribution in [-0.2, 0) is 10.0 Å². The van der Waals surface area contributed by atoms with E-state index in [1.807, 2.05) is 0 Å². The van der Waals surface area contributed by atoms with E-state index >= 15 is 0 Å². The Morgan fingerprint density at radius 2 is 2.05 bits per heavy atom. The Balaban J connectivity index is 2.05. The molecular formula is C12H17N3O4S. The summed E-state index contributed by atoms with van der Waals surface area (Å²) in [5.41, 5.74) is -0.227. The minimum Gasteiger partial charge on any atom is -0.317 e. The number of nitro groups is 1. The second-order valence-corrected chi connectivity index (χ2v) is 6.57. The van der Waals surface area contributed by atoms with Crippen LogP contribution in [0, 0.1) is 16.0 Å². The van der Waals surface area contributed by atoms with E-state index in [0.29, 0.717) is 12.5 Å². The van der Waals surface area contributed by atoms with Crippen LogP contribution in [0.5, 0.6) is 0 Å². The second-order valence-electron chi connectivity index (χ2n) is 4.80. The molecule has 2 N–H and O–H groups in total. The molecule has 0 aliphatic carbocycles. The number of piperidine rings is 1. The Hall–Kier alpha value is -1.51. The van der Waals surface area contributed by atoms with E-state index in [1.54, 1.807) is 0 Å². The first-order valence-corrected chi connectivity index (χ1v) is 7.92. The highest BCUT2D eigenvalue weighted by molar-refractivity contribution is 7.89. The fourth-order valence-corrected chi connectivity index (χ4v) is 3.32. The number of non-ortho nitro benzene ring substituents is 1. The Morgan fingerprint density at radius 1 is 1.35 bits per heavy atom. The molecule has 0 spiro atoms. The van der Waals surface area contributed by atoms with Gasteiger partial charge in [-0.05, 0) is 37.9 Å². The Bertz CT molecular complexity index is 582. The molecule has 1 aliphatic rings. The standard InChI is InChI=1S/C12H17N3O4S/c16-15(17)11-2-1-3-12(8-11)20(18,19)14-9-10-4-6-13-7-5-10/h1-3,8,10,13-14H,4-7,9H2. The van der Waals surface area contributed by atoms with E-state index in [1.165, 1.54) is 18.2 Å². The number of sulfonamides is 1. The van der Waals surface area contributed by atoms with Gasteiger partial charge in [0.2, 0.25) is 10.0 Å². The van der Waals surface area contributed by atoms with Gasteiger partial charge in [0, 0.05) is 18.7 Å². The van der Waals surface area contributed by atoms with Crippen molar-refractivity contribution in [2.75, 3.05) is 19.6 Å². The van der Waals surface area contributed by atoms with Gasteiger partial charge >= 0.3 is 0 Å². The average Bonchev–Trinajstić information content (AvgIpc) is 2.46. The van der Waals surface area contributed by atoms with Gasteiger partial charge in [-0.25, -0.2) is 13.1 Å². The van der Waals surface area contributed by atoms with E-state index in [9.17, 15) is 18.5 Å². The first-order valence-electron chi connectivity index (χ1n) is 6.44. The summed E-state index contributed by atoms with van der Waals surface area (Å²) in [7, 11) is -3.69. The van der Waals surface area contributed by atoms with E-state index < -0.39 is 14.9 Å². The van der Waals surface area contributed by atoms with Crippen molar-refractivity contribution >= 4 is 15.7 Å². The van der Waals surface area contributed by atoms with E-state index in [0.717, 1.165) is 32.0 Å². The third-order valence-electron chi connectivity index (χ3n) is 3.36. The highest BCUT2D eigenvalue weighted by atomic mass is 32.2. The quantitative estimate of drug-likeness (QED) is 0.620. The molecule has 1 aromatic rings. The smallest absolute Gasteiger partial charge is 0.270 e. The number of hydrogen-bond donors (Lipinski definition) is 2. The summed E-state index contributed by atoms with van der Waals surface area (Å²) in [6.45, 7) is 2.15. The first kappa shape index (κ1) is 14.9. The van der Waals surface area contributed by atoms with Gasteiger partial charge in [-0.2, -0.15) is 0 Å². The molecule has 0 radical (unpaired) electrons. The van der Waals surface area contributed by atoms with Gasteiger partial charge < -0.3 is 5.32 Å². The van der Waals surface area contributed by atoms with Crippen LogP contribution in [0.15, 0.2) is 29.2 Å². The highest BCUT2D eigenvalue weighted by Gasteiger charge is 2.20. The van der Waals surface area contributed by atoms with Gasteiger partial charge in [-0.15, -0.1) is 0 Å². The molecule has 110 valence electrons. The molecule has 0 aromatic heterocycles. The summed E-state index contributed by atoms with van der Waals surface area (Å²) in [5.74, 6) is 0.310. The summed E-state index contributed by atoms with van der Waals surface area (Å²) in [6, 6.07) is 5.07. The molecule has 1 fully saturated rings.